The number of non-ortho nitro benzene ring substituents is 1. The molecule has 0 saturated carbocycles. The Balaban J connectivity index is 1.88. The maximum absolute atomic E-state index is 11.9. The molecule has 7 nitrogen and oxygen atoms in total. The highest BCUT2D eigenvalue weighted by atomic mass is 16.6. The molecule has 1 amide bonds. The van der Waals surface area contributed by atoms with E-state index in [1.54, 1.807) is 17.0 Å². The van der Waals surface area contributed by atoms with Gasteiger partial charge in [0.15, 0.2) is 0 Å². The number of hydrogen-bond donors (Lipinski definition) is 1. The van der Waals surface area contributed by atoms with Crippen molar-refractivity contribution < 1.29 is 14.5 Å². The molecule has 1 saturated heterocycles. The highest BCUT2D eigenvalue weighted by Gasteiger charge is 2.24. The van der Waals surface area contributed by atoms with E-state index in [1.807, 2.05) is 6.92 Å². The van der Waals surface area contributed by atoms with Crippen LogP contribution in [0.4, 0.5) is 10.5 Å². The van der Waals surface area contributed by atoms with E-state index >= 15 is 0 Å². The Morgan fingerprint density at radius 2 is 2.20 bits per heavy atom. The van der Waals surface area contributed by atoms with Gasteiger partial charge >= 0.3 is 6.09 Å². The Kier molecular flexibility index (Phi) is 4.52. The van der Waals surface area contributed by atoms with Crippen LogP contribution in [-0.4, -0.2) is 41.6 Å². The number of carbonyl (C=O) groups is 1. The van der Waals surface area contributed by atoms with Crippen molar-refractivity contribution >= 4 is 11.8 Å². The van der Waals surface area contributed by atoms with E-state index in [4.69, 9.17) is 4.74 Å². The molecule has 0 bridgehead atoms. The average Bonchev–Trinajstić information content (AvgIpc) is 2.45. The molecule has 1 heterocycles. The van der Waals surface area contributed by atoms with E-state index in [0.717, 1.165) is 18.7 Å². The van der Waals surface area contributed by atoms with E-state index < -0.39 is 4.92 Å². The fraction of sp³-hybridized carbons (Fsp3) is 0.462. The molecule has 0 aromatic heterocycles. The van der Waals surface area contributed by atoms with Gasteiger partial charge in [-0.2, -0.15) is 0 Å². The van der Waals surface area contributed by atoms with Gasteiger partial charge < -0.3 is 15.0 Å². The molecular weight excluding hydrogens is 262 g/mol. The molecule has 1 aliphatic rings. The van der Waals surface area contributed by atoms with Crippen molar-refractivity contribution in [3.05, 3.63) is 39.9 Å². The monoisotopic (exact) mass is 279 g/mol. The van der Waals surface area contributed by atoms with Gasteiger partial charge in [-0.3, -0.25) is 10.1 Å². The number of hydrogen-bond acceptors (Lipinski definition) is 5. The molecule has 1 aromatic carbocycles. The summed E-state index contributed by atoms with van der Waals surface area (Å²) in [6.45, 7) is 4.22. The molecule has 0 aliphatic carbocycles. The number of nitro groups is 1. The second-order valence-electron chi connectivity index (χ2n) is 4.72. The third-order valence-electron chi connectivity index (χ3n) is 3.25. The van der Waals surface area contributed by atoms with Crippen LogP contribution in [0, 0.1) is 10.1 Å². The molecule has 1 atom stereocenters. The molecule has 1 N–H and O–H groups in total. The predicted molar refractivity (Wildman–Crippen MR) is 72.3 cm³/mol. The molecular formula is C13H17N3O4. The molecule has 0 spiro atoms. The summed E-state index contributed by atoms with van der Waals surface area (Å²) in [5.41, 5.74) is 0.752. The first kappa shape index (κ1) is 14.3. The van der Waals surface area contributed by atoms with Gasteiger partial charge in [-0.15, -0.1) is 0 Å². The van der Waals surface area contributed by atoms with Crippen LogP contribution < -0.4 is 5.32 Å². The largest absolute Gasteiger partial charge is 0.445 e. The van der Waals surface area contributed by atoms with Crippen LogP contribution in [0.5, 0.6) is 0 Å². The van der Waals surface area contributed by atoms with Crippen molar-refractivity contribution in [3.63, 3.8) is 0 Å². The smallest absolute Gasteiger partial charge is 0.410 e. The topological polar surface area (TPSA) is 84.7 Å². The van der Waals surface area contributed by atoms with Crippen molar-refractivity contribution in [2.45, 2.75) is 19.6 Å². The summed E-state index contributed by atoms with van der Waals surface area (Å²) in [6, 6.07) is 6.08. The lowest BCUT2D eigenvalue weighted by molar-refractivity contribution is -0.384. The van der Waals surface area contributed by atoms with Crippen LogP contribution in [0.1, 0.15) is 12.5 Å². The van der Waals surface area contributed by atoms with Gasteiger partial charge in [0.2, 0.25) is 0 Å². The van der Waals surface area contributed by atoms with Crippen molar-refractivity contribution in [1.82, 2.24) is 10.2 Å². The van der Waals surface area contributed by atoms with E-state index in [0.29, 0.717) is 6.54 Å². The van der Waals surface area contributed by atoms with Crippen molar-refractivity contribution in [2.75, 3.05) is 19.6 Å². The summed E-state index contributed by atoms with van der Waals surface area (Å²) in [6.07, 6.45) is -0.350. The minimum atomic E-state index is -0.460. The van der Waals surface area contributed by atoms with Crippen LogP contribution in [0.25, 0.3) is 0 Å². The van der Waals surface area contributed by atoms with Gasteiger partial charge in [0, 0.05) is 37.8 Å². The molecule has 1 fully saturated rings. The number of rotatable bonds is 3. The lowest BCUT2D eigenvalue weighted by atomic mass is 10.2. The first-order valence-corrected chi connectivity index (χ1v) is 6.45. The van der Waals surface area contributed by atoms with Crippen LogP contribution in [0.3, 0.4) is 0 Å². The summed E-state index contributed by atoms with van der Waals surface area (Å²) in [7, 11) is 0. The van der Waals surface area contributed by atoms with E-state index in [9.17, 15) is 14.9 Å². The van der Waals surface area contributed by atoms with Gasteiger partial charge in [0.1, 0.15) is 6.61 Å². The number of carbonyl (C=O) groups excluding carboxylic acids is 1. The normalized spacial score (nSPS) is 18.6. The van der Waals surface area contributed by atoms with E-state index in [2.05, 4.69) is 5.32 Å². The summed E-state index contributed by atoms with van der Waals surface area (Å²) in [4.78, 5) is 23.7. The fourth-order valence-corrected chi connectivity index (χ4v) is 2.05. The lowest BCUT2D eigenvalue weighted by Gasteiger charge is -2.32. The molecule has 108 valence electrons. The minimum Gasteiger partial charge on any atom is -0.445 e. The quantitative estimate of drug-likeness (QED) is 0.670. The van der Waals surface area contributed by atoms with Crippen LogP contribution >= 0.6 is 0 Å². The number of ether oxygens (including phenoxy) is 1. The van der Waals surface area contributed by atoms with Gasteiger partial charge in [0.25, 0.3) is 5.69 Å². The minimum absolute atomic E-state index is 0.0239. The Hall–Kier alpha value is -2.15. The summed E-state index contributed by atoms with van der Waals surface area (Å²) >= 11 is 0. The summed E-state index contributed by atoms with van der Waals surface area (Å²) in [5.74, 6) is 0. The third-order valence-corrected chi connectivity index (χ3v) is 3.25. The van der Waals surface area contributed by atoms with Crippen LogP contribution in [-0.2, 0) is 11.3 Å². The number of benzene rings is 1. The lowest BCUT2D eigenvalue weighted by Crippen LogP contribution is -2.52. The molecule has 20 heavy (non-hydrogen) atoms. The number of nitro benzene ring substituents is 1. The summed E-state index contributed by atoms with van der Waals surface area (Å²) in [5, 5.41) is 13.7. The van der Waals surface area contributed by atoms with Crippen LogP contribution in [0.15, 0.2) is 24.3 Å². The highest BCUT2D eigenvalue weighted by molar-refractivity contribution is 5.68. The van der Waals surface area contributed by atoms with Gasteiger partial charge in [0.05, 0.1) is 4.92 Å². The van der Waals surface area contributed by atoms with E-state index in [-0.39, 0.29) is 24.4 Å². The second-order valence-corrected chi connectivity index (χ2v) is 4.72. The Labute approximate surface area is 116 Å². The maximum Gasteiger partial charge on any atom is 0.410 e. The van der Waals surface area contributed by atoms with Crippen LogP contribution in [0.2, 0.25) is 0 Å². The molecule has 1 unspecified atom stereocenters. The molecule has 7 heteroatoms. The molecule has 2 rings (SSSR count). The Morgan fingerprint density at radius 3 is 2.80 bits per heavy atom. The number of nitrogens with zero attached hydrogens (tertiary/aromatic N) is 2. The first-order chi connectivity index (χ1) is 9.58. The van der Waals surface area contributed by atoms with Crippen molar-refractivity contribution in [2.24, 2.45) is 0 Å². The third kappa shape index (κ3) is 3.45. The van der Waals surface area contributed by atoms with Gasteiger partial charge in [-0.25, -0.2) is 4.79 Å². The first-order valence-electron chi connectivity index (χ1n) is 6.45. The molecule has 1 aromatic rings. The molecule has 0 radical (unpaired) electrons. The number of amides is 1. The second kappa shape index (κ2) is 6.33. The fourth-order valence-electron chi connectivity index (χ4n) is 2.05. The van der Waals surface area contributed by atoms with E-state index in [1.165, 1.54) is 12.1 Å². The molecule has 1 aliphatic heterocycles. The summed E-state index contributed by atoms with van der Waals surface area (Å²) < 4.78 is 5.23. The Bertz CT molecular complexity index is 489. The van der Waals surface area contributed by atoms with Gasteiger partial charge in [-0.1, -0.05) is 0 Å². The zero-order valence-corrected chi connectivity index (χ0v) is 11.2. The zero-order valence-electron chi connectivity index (χ0n) is 11.2. The number of piperazine rings is 1. The average molecular weight is 279 g/mol. The Morgan fingerprint density at radius 1 is 1.50 bits per heavy atom. The highest BCUT2D eigenvalue weighted by Crippen LogP contribution is 2.13. The standard InChI is InChI=1S/C13H17N3O4/c1-10-8-14-6-7-15(10)13(17)20-9-11-2-4-12(5-3-11)16(18)19/h2-5,10,14H,6-9H2,1H3. The maximum atomic E-state index is 11.9. The van der Waals surface area contributed by atoms with Gasteiger partial charge in [-0.05, 0) is 24.6 Å². The zero-order chi connectivity index (χ0) is 14.5. The van der Waals surface area contributed by atoms with Crippen molar-refractivity contribution in [3.8, 4) is 0 Å². The number of nitrogens with one attached hydrogen (secondary N) is 1. The van der Waals surface area contributed by atoms with Crippen molar-refractivity contribution in [1.29, 1.82) is 0 Å². The predicted octanol–water partition coefficient (Wildman–Crippen LogP) is 1.53. The SMILES string of the molecule is CC1CNCCN1C(=O)OCc1ccc([N+](=O)[O-])cc1.